The zero-order valence-electron chi connectivity index (χ0n) is 17.2. The summed E-state index contributed by atoms with van der Waals surface area (Å²) < 4.78 is 5.86. The predicted octanol–water partition coefficient (Wildman–Crippen LogP) is 4.65. The van der Waals surface area contributed by atoms with Crippen molar-refractivity contribution >= 4 is 5.91 Å². The Morgan fingerprint density at radius 2 is 1.72 bits per heavy atom. The number of hydrogen-bond donors (Lipinski definition) is 1. The molecule has 0 unspecified atom stereocenters. The maximum atomic E-state index is 12.7. The van der Waals surface area contributed by atoms with Gasteiger partial charge in [-0.1, -0.05) is 49.2 Å². The van der Waals surface area contributed by atoms with Crippen LogP contribution in [0.3, 0.4) is 0 Å². The summed E-state index contributed by atoms with van der Waals surface area (Å²) in [5.41, 5.74) is 1.79. The van der Waals surface area contributed by atoms with Crippen LogP contribution in [0.15, 0.2) is 54.6 Å². The first-order valence-corrected chi connectivity index (χ1v) is 11.1. The van der Waals surface area contributed by atoms with Crippen molar-refractivity contribution in [1.29, 1.82) is 0 Å². The van der Waals surface area contributed by atoms with Gasteiger partial charge in [-0.15, -0.1) is 0 Å². The highest BCUT2D eigenvalue weighted by molar-refractivity contribution is 5.94. The van der Waals surface area contributed by atoms with Gasteiger partial charge >= 0.3 is 0 Å². The molecule has 0 atom stereocenters. The first-order chi connectivity index (χ1) is 14.3. The topological polar surface area (TPSA) is 41.6 Å². The summed E-state index contributed by atoms with van der Waals surface area (Å²) in [6.07, 6.45) is 7.71. The lowest BCUT2D eigenvalue weighted by molar-refractivity contribution is 0.0905. The second-order valence-electron chi connectivity index (χ2n) is 8.50. The van der Waals surface area contributed by atoms with Crippen LogP contribution in [-0.2, 0) is 6.61 Å². The van der Waals surface area contributed by atoms with E-state index in [1.165, 1.54) is 32.2 Å². The summed E-state index contributed by atoms with van der Waals surface area (Å²) in [6, 6.07) is 17.8. The molecule has 1 amide bonds. The lowest BCUT2D eigenvalue weighted by Crippen LogP contribution is -2.45. The van der Waals surface area contributed by atoms with E-state index in [1.807, 2.05) is 54.6 Å². The van der Waals surface area contributed by atoms with Gasteiger partial charge in [0.1, 0.15) is 12.4 Å². The van der Waals surface area contributed by atoms with E-state index in [0.717, 1.165) is 43.2 Å². The van der Waals surface area contributed by atoms with Gasteiger partial charge in [0.05, 0.1) is 0 Å². The number of nitrogens with zero attached hydrogens (tertiary/aromatic N) is 1. The van der Waals surface area contributed by atoms with Crippen LogP contribution in [0.25, 0.3) is 0 Å². The number of nitrogens with one attached hydrogen (secondary N) is 1. The maximum absolute atomic E-state index is 12.7. The quantitative estimate of drug-likeness (QED) is 0.746. The fraction of sp³-hybridized carbons (Fsp3) is 0.480. The van der Waals surface area contributed by atoms with E-state index in [4.69, 9.17) is 4.74 Å². The standard InChI is InChI=1S/C25H32N2O2/c28-25(26-23-13-15-27(16-14-23)18-20-7-4-5-8-20)22-11-6-12-24(17-22)29-19-21-9-2-1-3-10-21/h1-3,6,9-12,17,20,23H,4-5,7-8,13-16,18-19H2,(H,26,28). The molecular formula is C25H32N2O2. The van der Waals surface area contributed by atoms with Gasteiger partial charge in [-0.2, -0.15) is 0 Å². The fourth-order valence-electron chi connectivity index (χ4n) is 4.55. The third kappa shape index (κ3) is 5.83. The summed E-state index contributed by atoms with van der Waals surface area (Å²) in [7, 11) is 0. The van der Waals surface area contributed by atoms with E-state index in [-0.39, 0.29) is 11.9 Å². The van der Waals surface area contributed by atoms with E-state index in [0.29, 0.717) is 12.2 Å². The molecule has 0 aromatic heterocycles. The summed E-state index contributed by atoms with van der Waals surface area (Å²) >= 11 is 0. The molecule has 1 aliphatic heterocycles. The predicted molar refractivity (Wildman–Crippen MR) is 116 cm³/mol. The molecule has 0 spiro atoms. The molecule has 0 radical (unpaired) electrons. The summed E-state index contributed by atoms with van der Waals surface area (Å²) in [6.45, 7) is 3.95. The molecule has 1 saturated carbocycles. The second-order valence-corrected chi connectivity index (χ2v) is 8.50. The van der Waals surface area contributed by atoms with Gasteiger partial charge in [0, 0.05) is 31.2 Å². The van der Waals surface area contributed by atoms with Crippen molar-refractivity contribution in [3.8, 4) is 5.75 Å². The average molecular weight is 393 g/mol. The van der Waals surface area contributed by atoms with E-state index < -0.39 is 0 Å². The van der Waals surface area contributed by atoms with Gasteiger partial charge in [0.25, 0.3) is 5.91 Å². The lowest BCUT2D eigenvalue weighted by atomic mass is 10.0. The molecule has 4 heteroatoms. The molecule has 0 bridgehead atoms. The number of rotatable bonds is 7. The fourth-order valence-corrected chi connectivity index (χ4v) is 4.55. The number of amides is 1. The number of carbonyl (C=O) groups excluding carboxylic acids is 1. The Hall–Kier alpha value is -2.33. The maximum Gasteiger partial charge on any atom is 0.251 e. The van der Waals surface area contributed by atoms with Crippen molar-refractivity contribution < 1.29 is 9.53 Å². The van der Waals surface area contributed by atoms with Crippen molar-refractivity contribution in [2.24, 2.45) is 5.92 Å². The molecule has 4 nitrogen and oxygen atoms in total. The van der Waals surface area contributed by atoms with E-state index in [9.17, 15) is 4.79 Å². The number of ether oxygens (including phenoxy) is 1. The number of benzene rings is 2. The van der Waals surface area contributed by atoms with Crippen molar-refractivity contribution in [1.82, 2.24) is 10.2 Å². The van der Waals surface area contributed by atoms with Crippen molar-refractivity contribution in [3.63, 3.8) is 0 Å². The zero-order chi connectivity index (χ0) is 19.9. The molecule has 1 saturated heterocycles. The largest absolute Gasteiger partial charge is 0.489 e. The Labute approximate surface area is 174 Å². The number of carbonyl (C=O) groups is 1. The first kappa shape index (κ1) is 20.0. The minimum Gasteiger partial charge on any atom is -0.489 e. The molecule has 4 rings (SSSR count). The molecular weight excluding hydrogens is 360 g/mol. The van der Waals surface area contributed by atoms with Crippen LogP contribution >= 0.6 is 0 Å². The van der Waals surface area contributed by atoms with Gasteiger partial charge in [-0.3, -0.25) is 4.79 Å². The Morgan fingerprint density at radius 1 is 0.966 bits per heavy atom. The third-order valence-corrected chi connectivity index (χ3v) is 6.26. The van der Waals surface area contributed by atoms with Crippen LogP contribution in [0, 0.1) is 5.92 Å². The van der Waals surface area contributed by atoms with Gasteiger partial charge < -0.3 is 15.0 Å². The average Bonchev–Trinajstić information content (AvgIpc) is 3.28. The summed E-state index contributed by atoms with van der Waals surface area (Å²) in [4.78, 5) is 15.3. The monoisotopic (exact) mass is 392 g/mol. The number of piperidine rings is 1. The highest BCUT2D eigenvalue weighted by atomic mass is 16.5. The van der Waals surface area contributed by atoms with Crippen LogP contribution in [0.4, 0.5) is 0 Å². The third-order valence-electron chi connectivity index (χ3n) is 6.26. The number of likely N-dealkylation sites (tertiary alicyclic amines) is 1. The molecule has 1 N–H and O–H groups in total. The van der Waals surface area contributed by atoms with Crippen LogP contribution in [0.5, 0.6) is 5.75 Å². The molecule has 29 heavy (non-hydrogen) atoms. The summed E-state index contributed by atoms with van der Waals surface area (Å²) in [5.74, 6) is 1.64. The molecule has 2 aromatic carbocycles. The van der Waals surface area contributed by atoms with E-state index in [1.54, 1.807) is 0 Å². The molecule has 2 fully saturated rings. The Kier molecular flexibility index (Phi) is 6.83. The Bertz CT molecular complexity index is 778. The van der Waals surface area contributed by atoms with E-state index in [2.05, 4.69) is 10.2 Å². The van der Waals surface area contributed by atoms with Crippen LogP contribution in [-0.4, -0.2) is 36.5 Å². The first-order valence-electron chi connectivity index (χ1n) is 11.1. The molecule has 2 aliphatic rings. The molecule has 1 aliphatic carbocycles. The normalized spacial score (nSPS) is 18.6. The van der Waals surface area contributed by atoms with Gasteiger partial charge in [-0.25, -0.2) is 0 Å². The lowest BCUT2D eigenvalue weighted by Gasteiger charge is -2.33. The summed E-state index contributed by atoms with van der Waals surface area (Å²) in [5, 5.41) is 3.23. The molecule has 154 valence electrons. The van der Waals surface area contributed by atoms with Gasteiger partial charge in [0.2, 0.25) is 0 Å². The smallest absolute Gasteiger partial charge is 0.251 e. The van der Waals surface area contributed by atoms with Gasteiger partial charge in [-0.05, 0) is 55.4 Å². The van der Waals surface area contributed by atoms with Crippen LogP contribution < -0.4 is 10.1 Å². The van der Waals surface area contributed by atoms with Crippen molar-refractivity contribution in [2.45, 2.75) is 51.2 Å². The van der Waals surface area contributed by atoms with E-state index >= 15 is 0 Å². The highest BCUT2D eigenvalue weighted by Gasteiger charge is 2.24. The minimum atomic E-state index is 0.00408. The van der Waals surface area contributed by atoms with Crippen molar-refractivity contribution in [3.05, 3.63) is 65.7 Å². The Morgan fingerprint density at radius 3 is 2.48 bits per heavy atom. The molecule has 2 aromatic rings. The van der Waals surface area contributed by atoms with Gasteiger partial charge in [0.15, 0.2) is 0 Å². The van der Waals surface area contributed by atoms with Crippen LogP contribution in [0.2, 0.25) is 0 Å². The minimum absolute atomic E-state index is 0.00408. The SMILES string of the molecule is O=C(NC1CCN(CC2CCCC2)CC1)c1cccc(OCc2ccccc2)c1. The van der Waals surface area contributed by atoms with Crippen molar-refractivity contribution in [2.75, 3.05) is 19.6 Å². The second kappa shape index (κ2) is 9.93. The van der Waals surface area contributed by atoms with Crippen LogP contribution in [0.1, 0.15) is 54.4 Å². The molecule has 1 heterocycles. The Balaban J connectivity index is 1.24. The number of hydrogen-bond acceptors (Lipinski definition) is 3. The zero-order valence-corrected chi connectivity index (χ0v) is 17.2. The highest BCUT2D eigenvalue weighted by Crippen LogP contribution is 2.26.